The number of carbonyl (C=O) groups excluding carboxylic acids is 3. The molecule has 3 amide bonds. The normalized spacial score (nSPS) is 14.7. The summed E-state index contributed by atoms with van der Waals surface area (Å²) in [4.78, 5) is 41.9. The number of ether oxygens (including phenoxy) is 3. The van der Waals surface area contributed by atoms with Gasteiger partial charge in [-0.1, -0.05) is 24.3 Å². The number of amides is 3. The number of carbonyl (C=O) groups is 3. The Bertz CT molecular complexity index is 1410. The van der Waals surface area contributed by atoms with Gasteiger partial charge >= 0.3 is 12.0 Å². The summed E-state index contributed by atoms with van der Waals surface area (Å²) in [5.41, 5.74) is 4.50. The minimum atomic E-state index is -0.708. The van der Waals surface area contributed by atoms with Crippen LogP contribution >= 0.6 is 0 Å². The van der Waals surface area contributed by atoms with E-state index in [2.05, 4.69) is 10.6 Å². The van der Waals surface area contributed by atoms with Gasteiger partial charge in [0.1, 0.15) is 0 Å². The molecule has 9 nitrogen and oxygen atoms in total. The van der Waals surface area contributed by atoms with Crippen LogP contribution in [-0.4, -0.2) is 42.3 Å². The number of fused-ring (bicyclic) bond motifs is 3. The van der Waals surface area contributed by atoms with Crippen LogP contribution in [0.4, 0.5) is 4.79 Å². The quantitative estimate of drug-likeness (QED) is 0.525. The van der Waals surface area contributed by atoms with Crippen molar-refractivity contribution < 1.29 is 28.6 Å². The number of hydrogen-bond donors (Lipinski definition) is 2. The SMILES string of the molecule is CC(C)NC(=O)NC(=O)COC(=O)c1c2c(nc3ccccc13)/C(=C\c1ccc3c(c1)OCO3)CC2. The minimum Gasteiger partial charge on any atom is -0.454 e. The zero-order chi connectivity index (χ0) is 25.2. The molecule has 5 rings (SSSR count). The van der Waals surface area contributed by atoms with Crippen LogP contribution in [0.2, 0.25) is 0 Å². The number of nitrogens with zero attached hydrogens (tertiary/aromatic N) is 1. The molecular formula is C27H25N3O6. The lowest BCUT2D eigenvalue weighted by molar-refractivity contribution is -0.123. The fraction of sp³-hybridized carbons (Fsp3) is 0.259. The minimum absolute atomic E-state index is 0.133. The van der Waals surface area contributed by atoms with Gasteiger partial charge in [-0.25, -0.2) is 14.6 Å². The zero-order valence-corrected chi connectivity index (χ0v) is 19.9. The van der Waals surface area contributed by atoms with E-state index in [1.807, 2.05) is 48.5 Å². The molecule has 9 heteroatoms. The summed E-state index contributed by atoms with van der Waals surface area (Å²) >= 11 is 0. The van der Waals surface area contributed by atoms with Crippen molar-refractivity contribution in [3.63, 3.8) is 0 Å². The molecule has 36 heavy (non-hydrogen) atoms. The van der Waals surface area contributed by atoms with E-state index >= 15 is 0 Å². The second-order valence-electron chi connectivity index (χ2n) is 8.87. The molecule has 184 valence electrons. The number of imide groups is 1. The van der Waals surface area contributed by atoms with Crippen LogP contribution in [-0.2, 0) is 16.0 Å². The van der Waals surface area contributed by atoms with Crippen molar-refractivity contribution in [3.8, 4) is 11.5 Å². The maximum atomic E-state index is 13.2. The summed E-state index contributed by atoms with van der Waals surface area (Å²) in [6.45, 7) is 3.18. The number of para-hydroxylation sites is 1. The molecule has 0 bridgehead atoms. The summed E-state index contributed by atoms with van der Waals surface area (Å²) in [7, 11) is 0. The Hall–Kier alpha value is -4.40. The smallest absolute Gasteiger partial charge is 0.339 e. The van der Waals surface area contributed by atoms with Crippen LogP contribution in [0.15, 0.2) is 42.5 Å². The lowest BCUT2D eigenvalue weighted by Gasteiger charge is -2.13. The molecule has 0 atom stereocenters. The number of rotatable bonds is 5. The van der Waals surface area contributed by atoms with Gasteiger partial charge in [-0.05, 0) is 67.7 Å². The molecule has 0 spiro atoms. The number of hydrogen-bond acceptors (Lipinski definition) is 7. The highest BCUT2D eigenvalue weighted by Gasteiger charge is 2.28. The number of benzene rings is 2. The van der Waals surface area contributed by atoms with Gasteiger partial charge in [-0.3, -0.25) is 10.1 Å². The van der Waals surface area contributed by atoms with E-state index in [9.17, 15) is 14.4 Å². The highest BCUT2D eigenvalue weighted by molar-refractivity contribution is 6.08. The van der Waals surface area contributed by atoms with E-state index in [4.69, 9.17) is 19.2 Å². The molecule has 0 radical (unpaired) electrons. The van der Waals surface area contributed by atoms with E-state index in [0.29, 0.717) is 40.8 Å². The van der Waals surface area contributed by atoms with Gasteiger partial charge in [-0.15, -0.1) is 0 Å². The Morgan fingerprint density at radius 3 is 2.72 bits per heavy atom. The summed E-state index contributed by atoms with van der Waals surface area (Å²) in [5.74, 6) is 0.0657. The summed E-state index contributed by atoms with van der Waals surface area (Å²) < 4.78 is 16.2. The van der Waals surface area contributed by atoms with Crippen molar-refractivity contribution in [2.24, 2.45) is 0 Å². The largest absolute Gasteiger partial charge is 0.454 e. The van der Waals surface area contributed by atoms with Crippen LogP contribution in [0.1, 0.15) is 47.4 Å². The third kappa shape index (κ3) is 4.72. The summed E-state index contributed by atoms with van der Waals surface area (Å²) in [6, 6.07) is 12.3. The molecule has 0 unspecified atom stereocenters. The van der Waals surface area contributed by atoms with Gasteiger partial charge in [-0.2, -0.15) is 0 Å². The summed E-state index contributed by atoms with van der Waals surface area (Å²) in [6.07, 6.45) is 3.34. The predicted molar refractivity (Wildman–Crippen MR) is 133 cm³/mol. The Kier molecular flexibility index (Phi) is 6.28. The molecule has 2 heterocycles. The van der Waals surface area contributed by atoms with E-state index in [-0.39, 0.29) is 12.8 Å². The van der Waals surface area contributed by atoms with E-state index in [1.165, 1.54) is 0 Å². The topological polar surface area (TPSA) is 116 Å². The van der Waals surface area contributed by atoms with E-state index < -0.39 is 24.5 Å². The third-order valence-corrected chi connectivity index (χ3v) is 5.89. The Morgan fingerprint density at radius 2 is 1.89 bits per heavy atom. The fourth-order valence-corrected chi connectivity index (χ4v) is 4.38. The zero-order valence-electron chi connectivity index (χ0n) is 19.9. The number of esters is 1. The molecule has 1 aliphatic heterocycles. The molecule has 1 aromatic heterocycles. The van der Waals surface area contributed by atoms with Crippen molar-refractivity contribution in [3.05, 3.63) is 64.8 Å². The van der Waals surface area contributed by atoms with Crippen LogP contribution in [0.25, 0.3) is 22.6 Å². The molecule has 3 aromatic rings. The van der Waals surface area contributed by atoms with Crippen molar-refractivity contribution in [2.75, 3.05) is 13.4 Å². The maximum Gasteiger partial charge on any atom is 0.339 e. The van der Waals surface area contributed by atoms with Gasteiger partial charge in [0.05, 0.1) is 16.8 Å². The monoisotopic (exact) mass is 487 g/mol. The molecule has 0 fully saturated rings. The van der Waals surface area contributed by atoms with Crippen molar-refractivity contribution in [1.82, 2.24) is 15.6 Å². The number of allylic oxidation sites excluding steroid dienone is 1. The Balaban J connectivity index is 1.42. The van der Waals surface area contributed by atoms with Crippen molar-refractivity contribution in [2.45, 2.75) is 32.7 Å². The molecule has 1 aliphatic carbocycles. The van der Waals surface area contributed by atoms with Crippen LogP contribution in [0.5, 0.6) is 11.5 Å². The first-order valence-electron chi connectivity index (χ1n) is 11.7. The molecule has 0 saturated carbocycles. The van der Waals surface area contributed by atoms with Crippen LogP contribution in [0.3, 0.4) is 0 Å². The highest BCUT2D eigenvalue weighted by atomic mass is 16.7. The molecule has 2 aromatic carbocycles. The second-order valence-corrected chi connectivity index (χ2v) is 8.87. The van der Waals surface area contributed by atoms with Crippen molar-refractivity contribution in [1.29, 1.82) is 0 Å². The number of urea groups is 1. The van der Waals surface area contributed by atoms with Crippen molar-refractivity contribution >= 4 is 40.5 Å². The predicted octanol–water partition coefficient (Wildman–Crippen LogP) is 3.84. The van der Waals surface area contributed by atoms with Gasteiger partial charge < -0.3 is 19.5 Å². The Labute approximate surface area is 207 Å². The molecular weight excluding hydrogens is 462 g/mol. The van der Waals surface area contributed by atoms with E-state index in [0.717, 1.165) is 22.4 Å². The lowest BCUT2D eigenvalue weighted by Crippen LogP contribution is -2.44. The molecule has 2 aliphatic rings. The first kappa shape index (κ1) is 23.3. The van der Waals surface area contributed by atoms with E-state index in [1.54, 1.807) is 13.8 Å². The van der Waals surface area contributed by atoms with Gasteiger partial charge in [0.25, 0.3) is 5.91 Å². The lowest BCUT2D eigenvalue weighted by atomic mass is 10.0. The average Bonchev–Trinajstić information content (AvgIpc) is 3.47. The van der Waals surface area contributed by atoms with Crippen LogP contribution < -0.4 is 20.1 Å². The second kappa shape index (κ2) is 9.69. The standard InChI is InChI=1S/C27H25N3O6/c1-15(2)28-27(33)30-23(31)13-34-26(32)24-18-5-3-4-6-20(18)29-25-17(8-9-19(24)25)11-16-7-10-21-22(12-16)36-14-35-21/h3-7,10-12,15H,8-9,13-14H2,1-2H3,(H2,28,30,31,33)/b17-11-. The number of aromatic nitrogens is 1. The Morgan fingerprint density at radius 1 is 1.08 bits per heavy atom. The maximum absolute atomic E-state index is 13.2. The first-order valence-corrected chi connectivity index (χ1v) is 11.7. The molecule has 2 N–H and O–H groups in total. The van der Waals surface area contributed by atoms with Crippen LogP contribution in [0, 0.1) is 0 Å². The average molecular weight is 488 g/mol. The number of nitrogens with one attached hydrogen (secondary N) is 2. The summed E-state index contributed by atoms with van der Waals surface area (Å²) in [5, 5.41) is 5.36. The van der Waals surface area contributed by atoms with Gasteiger partial charge in [0.2, 0.25) is 6.79 Å². The van der Waals surface area contributed by atoms with Gasteiger partial charge in [0, 0.05) is 11.4 Å². The third-order valence-electron chi connectivity index (χ3n) is 5.89. The molecule has 0 saturated heterocycles. The van der Waals surface area contributed by atoms with Gasteiger partial charge in [0.15, 0.2) is 18.1 Å². The number of pyridine rings is 1. The highest BCUT2D eigenvalue weighted by Crippen LogP contribution is 2.39. The fourth-order valence-electron chi connectivity index (χ4n) is 4.38. The first-order chi connectivity index (χ1) is 17.4.